The van der Waals surface area contributed by atoms with Crippen LogP contribution in [0.15, 0.2) is 54.9 Å². The van der Waals surface area contributed by atoms with E-state index in [1.807, 2.05) is 30.3 Å². The van der Waals surface area contributed by atoms with Crippen molar-refractivity contribution in [2.75, 3.05) is 23.8 Å². The maximum absolute atomic E-state index is 5.64. The summed E-state index contributed by atoms with van der Waals surface area (Å²) in [6.45, 7) is 7.73. The molecular weight excluding hydrogens is 352 g/mol. The highest BCUT2D eigenvalue weighted by Gasteiger charge is 2.18. The average molecular weight is 376 g/mol. The molecule has 0 spiro atoms. The molecule has 1 aliphatic heterocycles. The lowest BCUT2D eigenvalue weighted by Gasteiger charge is -2.23. The van der Waals surface area contributed by atoms with Gasteiger partial charge in [-0.25, -0.2) is 9.97 Å². The highest BCUT2D eigenvalue weighted by Crippen LogP contribution is 2.34. The van der Waals surface area contributed by atoms with Crippen LogP contribution in [0.25, 0.3) is 0 Å². The van der Waals surface area contributed by atoms with E-state index in [0.29, 0.717) is 19.0 Å². The molecule has 28 heavy (non-hydrogen) atoms. The Kier molecular flexibility index (Phi) is 4.77. The molecule has 0 amide bonds. The van der Waals surface area contributed by atoms with E-state index in [2.05, 4.69) is 59.6 Å². The molecule has 0 aliphatic carbocycles. The first-order chi connectivity index (χ1) is 13.5. The third-order valence-corrected chi connectivity index (χ3v) is 4.48. The zero-order chi connectivity index (χ0) is 19.6. The zero-order valence-electron chi connectivity index (χ0n) is 16.3. The largest absolute Gasteiger partial charge is 0.486 e. The zero-order valence-corrected chi connectivity index (χ0v) is 16.3. The second-order valence-corrected chi connectivity index (χ2v) is 7.69. The van der Waals surface area contributed by atoms with Gasteiger partial charge in [-0.2, -0.15) is 0 Å². The summed E-state index contributed by atoms with van der Waals surface area (Å²) < 4.78 is 11.2. The highest BCUT2D eigenvalue weighted by molar-refractivity contribution is 5.67. The van der Waals surface area contributed by atoms with Crippen LogP contribution in [-0.2, 0) is 5.41 Å². The number of ether oxygens (including phenoxy) is 2. The van der Waals surface area contributed by atoms with Crippen molar-refractivity contribution in [1.29, 1.82) is 0 Å². The van der Waals surface area contributed by atoms with Crippen molar-refractivity contribution in [1.82, 2.24) is 9.97 Å². The van der Waals surface area contributed by atoms with Gasteiger partial charge in [-0.1, -0.05) is 39.0 Å². The molecule has 0 saturated carbocycles. The van der Waals surface area contributed by atoms with Gasteiger partial charge in [-0.05, 0) is 29.2 Å². The minimum absolute atomic E-state index is 0.0307. The van der Waals surface area contributed by atoms with E-state index < -0.39 is 0 Å². The molecule has 0 saturated heterocycles. The van der Waals surface area contributed by atoms with E-state index in [4.69, 9.17) is 9.47 Å². The number of nitrogens with zero attached hydrogens (tertiary/aromatic N) is 2. The van der Waals surface area contributed by atoms with Gasteiger partial charge in [0.2, 0.25) is 0 Å². The summed E-state index contributed by atoms with van der Waals surface area (Å²) in [6, 6.07) is 15.9. The molecule has 2 N–H and O–H groups in total. The molecule has 6 heteroatoms. The number of para-hydroxylation sites is 1. The summed E-state index contributed by atoms with van der Waals surface area (Å²) in [6.07, 6.45) is 1.54. The van der Waals surface area contributed by atoms with Crippen LogP contribution in [0.2, 0.25) is 0 Å². The molecule has 6 nitrogen and oxygen atoms in total. The molecule has 2 heterocycles. The summed E-state index contributed by atoms with van der Waals surface area (Å²) in [4.78, 5) is 8.69. The lowest BCUT2D eigenvalue weighted by Crippen LogP contribution is -2.15. The molecule has 144 valence electrons. The van der Waals surface area contributed by atoms with Crippen LogP contribution < -0.4 is 20.1 Å². The predicted molar refractivity (Wildman–Crippen MR) is 111 cm³/mol. The van der Waals surface area contributed by atoms with Crippen molar-refractivity contribution in [3.63, 3.8) is 0 Å². The summed E-state index contributed by atoms with van der Waals surface area (Å²) in [5.41, 5.74) is 3.18. The van der Waals surface area contributed by atoms with Crippen molar-refractivity contribution >= 4 is 23.0 Å². The van der Waals surface area contributed by atoms with E-state index in [1.165, 1.54) is 5.56 Å². The fourth-order valence-corrected chi connectivity index (χ4v) is 3.15. The lowest BCUT2D eigenvalue weighted by molar-refractivity contribution is 0.171. The number of rotatable bonds is 4. The predicted octanol–water partition coefficient (Wildman–Crippen LogP) is 5.03. The Morgan fingerprint density at radius 3 is 2.32 bits per heavy atom. The first-order valence-electron chi connectivity index (χ1n) is 9.34. The second kappa shape index (κ2) is 7.38. The molecule has 1 aliphatic rings. The Morgan fingerprint density at radius 1 is 0.821 bits per heavy atom. The number of hydrogen-bond acceptors (Lipinski definition) is 6. The third-order valence-electron chi connectivity index (χ3n) is 4.48. The number of aromatic nitrogens is 2. The lowest BCUT2D eigenvalue weighted by atomic mass is 9.86. The van der Waals surface area contributed by atoms with Gasteiger partial charge in [0.1, 0.15) is 31.2 Å². The van der Waals surface area contributed by atoms with E-state index in [9.17, 15) is 0 Å². The van der Waals surface area contributed by atoms with Crippen molar-refractivity contribution in [3.05, 3.63) is 60.4 Å². The van der Waals surface area contributed by atoms with E-state index in [0.717, 1.165) is 28.7 Å². The van der Waals surface area contributed by atoms with Gasteiger partial charge in [-0.3, -0.25) is 0 Å². The minimum atomic E-state index is 0.0307. The van der Waals surface area contributed by atoms with Gasteiger partial charge in [0.15, 0.2) is 11.5 Å². The van der Waals surface area contributed by atoms with Crippen LogP contribution in [0, 0.1) is 0 Å². The fourth-order valence-electron chi connectivity index (χ4n) is 3.15. The summed E-state index contributed by atoms with van der Waals surface area (Å²) in [5.74, 6) is 2.93. The summed E-state index contributed by atoms with van der Waals surface area (Å²) >= 11 is 0. The van der Waals surface area contributed by atoms with Gasteiger partial charge in [0.25, 0.3) is 0 Å². The number of hydrogen-bond donors (Lipinski definition) is 2. The molecule has 0 radical (unpaired) electrons. The molecule has 0 unspecified atom stereocenters. The second-order valence-electron chi connectivity index (χ2n) is 7.69. The van der Waals surface area contributed by atoms with Gasteiger partial charge in [0, 0.05) is 23.5 Å². The van der Waals surface area contributed by atoms with Crippen LogP contribution in [0.5, 0.6) is 11.5 Å². The minimum Gasteiger partial charge on any atom is -0.486 e. The molecule has 0 bridgehead atoms. The first kappa shape index (κ1) is 18.1. The molecule has 4 rings (SSSR count). The van der Waals surface area contributed by atoms with Crippen molar-refractivity contribution in [3.8, 4) is 11.5 Å². The van der Waals surface area contributed by atoms with E-state index >= 15 is 0 Å². The SMILES string of the molecule is CC(C)(C)c1ccccc1Nc1cc(Nc2ccc3c(c2)OCCO3)ncn1. The Hall–Kier alpha value is -3.28. The number of nitrogens with one attached hydrogen (secondary N) is 2. The summed E-state index contributed by atoms with van der Waals surface area (Å²) in [7, 11) is 0. The Bertz CT molecular complexity index is 982. The topological polar surface area (TPSA) is 68.3 Å². The number of benzene rings is 2. The van der Waals surface area contributed by atoms with Crippen LogP contribution in [0.1, 0.15) is 26.3 Å². The van der Waals surface area contributed by atoms with Gasteiger partial charge < -0.3 is 20.1 Å². The third kappa shape index (κ3) is 4.01. The monoisotopic (exact) mass is 376 g/mol. The van der Waals surface area contributed by atoms with Gasteiger partial charge in [0.05, 0.1) is 0 Å². The average Bonchev–Trinajstić information content (AvgIpc) is 2.68. The van der Waals surface area contributed by atoms with Crippen LogP contribution in [-0.4, -0.2) is 23.2 Å². The maximum atomic E-state index is 5.64. The van der Waals surface area contributed by atoms with Crippen molar-refractivity contribution in [2.24, 2.45) is 0 Å². The smallest absolute Gasteiger partial charge is 0.163 e. The first-order valence-corrected chi connectivity index (χ1v) is 9.34. The molecule has 0 atom stereocenters. The maximum Gasteiger partial charge on any atom is 0.163 e. The Labute approximate surface area is 164 Å². The molecule has 0 fully saturated rings. The van der Waals surface area contributed by atoms with E-state index in [-0.39, 0.29) is 5.41 Å². The number of anilines is 4. The summed E-state index contributed by atoms with van der Waals surface area (Å²) in [5, 5.41) is 6.72. The van der Waals surface area contributed by atoms with E-state index in [1.54, 1.807) is 6.33 Å². The normalized spacial score (nSPS) is 13.1. The van der Waals surface area contributed by atoms with Crippen LogP contribution in [0.3, 0.4) is 0 Å². The molecule has 1 aromatic heterocycles. The standard InChI is InChI=1S/C22H24N4O2/c1-22(2,3)16-6-4-5-7-17(16)26-21-13-20(23-14-24-21)25-15-8-9-18-19(12-15)28-11-10-27-18/h4-9,12-14H,10-11H2,1-3H3,(H2,23,24,25,26). The molecule has 3 aromatic rings. The Morgan fingerprint density at radius 2 is 1.54 bits per heavy atom. The molecular formula is C22H24N4O2. The van der Waals surface area contributed by atoms with Crippen molar-refractivity contribution in [2.45, 2.75) is 26.2 Å². The Balaban J connectivity index is 1.54. The van der Waals surface area contributed by atoms with Crippen molar-refractivity contribution < 1.29 is 9.47 Å². The van der Waals surface area contributed by atoms with Gasteiger partial charge in [-0.15, -0.1) is 0 Å². The van der Waals surface area contributed by atoms with Crippen LogP contribution in [0.4, 0.5) is 23.0 Å². The van der Waals surface area contributed by atoms with Crippen LogP contribution >= 0.6 is 0 Å². The highest BCUT2D eigenvalue weighted by atomic mass is 16.6. The quantitative estimate of drug-likeness (QED) is 0.665. The number of fused-ring (bicyclic) bond motifs is 1. The molecule has 2 aromatic carbocycles. The van der Waals surface area contributed by atoms with Gasteiger partial charge >= 0.3 is 0 Å². The fraction of sp³-hybridized carbons (Fsp3) is 0.273.